The van der Waals surface area contributed by atoms with Gasteiger partial charge in [0, 0.05) is 11.1 Å². The van der Waals surface area contributed by atoms with E-state index >= 15 is 0 Å². The van der Waals surface area contributed by atoms with Gasteiger partial charge in [-0.15, -0.1) is 0 Å². The first-order chi connectivity index (χ1) is 19.3. The molecule has 0 bridgehead atoms. The van der Waals surface area contributed by atoms with E-state index in [0.29, 0.717) is 5.69 Å². The number of hydrogen-bond acceptors (Lipinski definition) is 4. The van der Waals surface area contributed by atoms with E-state index in [2.05, 4.69) is 79.9 Å². The third-order valence-corrected chi connectivity index (χ3v) is 11.9. The molecule has 4 aromatic rings. The van der Waals surface area contributed by atoms with Crippen molar-refractivity contribution >= 4 is 47.2 Å². The Morgan fingerprint density at radius 3 is 1.88 bits per heavy atom. The summed E-state index contributed by atoms with van der Waals surface area (Å²) in [6, 6.07) is 31.9. The lowest BCUT2D eigenvalue weighted by Crippen LogP contribution is -2.68. The fourth-order valence-corrected chi connectivity index (χ4v) is 9.45. The first-order valence-corrected chi connectivity index (χ1v) is 15.8. The molecule has 6 nitrogen and oxygen atoms in total. The molecule has 2 N–H and O–H groups in total. The number of benzene rings is 4. The smallest absolute Gasteiger partial charge is 0.408 e. The minimum Gasteiger partial charge on any atom is -0.534 e. The molecular formula is C34H40N2O4Si. The molecule has 0 fully saturated rings. The number of nitrogens with one attached hydrogen (secondary N) is 2. The summed E-state index contributed by atoms with van der Waals surface area (Å²) in [6.45, 7) is 13.7. The summed E-state index contributed by atoms with van der Waals surface area (Å²) in [5.74, 6) is 0.384. The highest BCUT2D eigenvalue weighted by Gasteiger charge is 2.52. The van der Waals surface area contributed by atoms with Crippen LogP contribution in [-0.2, 0) is 9.53 Å². The van der Waals surface area contributed by atoms with Gasteiger partial charge in [-0.3, -0.25) is 4.79 Å². The van der Waals surface area contributed by atoms with Gasteiger partial charge in [-0.2, -0.15) is 0 Å². The Kier molecular flexibility index (Phi) is 8.59. The molecule has 0 spiro atoms. The first kappa shape index (κ1) is 29.9. The lowest BCUT2D eigenvalue weighted by molar-refractivity contribution is -0.117. The van der Waals surface area contributed by atoms with Crippen LogP contribution in [0.5, 0.6) is 5.75 Å². The lowest BCUT2D eigenvalue weighted by atomic mass is 10.1. The van der Waals surface area contributed by atoms with E-state index in [0.717, 1.165) is 16.5 Å². The molecule has 0 aromatic heterocycles. The van der Waals surface area contributed by atoms with Gasteiger partial charge in [0.2, 0.25) is 5.91 Å². The van der Waals surface area contributed by atoms with Gasteiger partial charge in [0.15, 0.2) is 0 Å². The Morgan fingerprint density at radius 2 is 1.34 bits per heavy atom. The van der Waals surface area contributed by atoms with Gasteiger partial charge in [0.1, 0.15) is 17.4 Å². The minimum atomic E-state index is -2.83. The van der Waals surface area contributed by atoms with E-state index in [1.165, 1.54) is 10.4 Å². The number of alkyl carbamates (subject to hydrolysis) is 1. The first-order valence-electron chi connectivity index (χ1n) is 13.9. The molecule has 0 heterocycles. The molecule has 0 saturated heterocycles. The Balaban J connectivity index is 1.71. The Bertz CT molecular complexity index is 1470. The number of ether oxygens (including phenoxy) is 1. The third-order valence-electron chi connectivity index (χ3n) is 6.93. The molecule has 4 rings (SSSR count). The van der Waals surface area contributed by atoms with Crippen molar-refractivity contribution in [1.29, 1.82) is 0 Å². The van der Waals surface area contributed by atoms with Gasteiger partial charge in [0.05, 0.1) is 0 Å². The molecule has 0 radical (unpaired) electrons. The van der Waals surface area contributed by atoms with Gasteiger partial charge in [-0.05, 0) is 66.7 Å². The van der Waals surface area contributed by atoms with E-state index in [1.54, 1.807) is 27.7 Å². The van der Waals surface area contributed by atoms with Gasteiger partial charge < -0.3 is 19.8 Å². The maximum atomic E-state index is 13.1. The van der Waals surface area contributed by atoms with Gasteiger partial charge in [-0.25, -0.2) is 4.79 Å². The largest absolute Gasteiger partial charge is 0.534 e. The van der Waals surface area contributed by atoms with Gasteiger partial charge in [-0.1, -0.05) is 99.6 Å². The summed E-state index contributed by atoms with van der Waals surface area (Å²) in [4.78, 5) is 25.3. The Hall–Kier alpha value is -4.10. The number of hydrogen-bond donors (Lipinski definition) is 2. The van der Waals surface area contributed by atoms with Crippen LogP contribution in [0.15, 0.2) is 97.1 Å². The molecule has 1 atom stereocenters. The summed E-state index contributed by atoms with van der Waals surface area (Å²) in [5.41, 5.74) is -0.0181. The number of rotatable bonds is 7. The molecule has 2 amide bonds. The van der Waals surface area contributed by atoms with Crippen molar-refractivity contribution in [2.24, 2.45) is 0 Å². The van der Waals surface area contributed by atoms with E-state index in [4.69, 9.17) is 9.16 Å². The SMILES string of the molecule is C[C@@H](NC(=O)OC(C)(C)C)C(=O)Nc1cccc2ccc(O[Si](c3ccccc3)(c3ccccc3)C(C)(C)C)cc12. The summed E-state index contributed by atoms with van der Waals surface area (Å²) in [6.07, 6.45) is -0.640. The topological polar surface area (TPSA) is 76.7 Å². The quantitative estimate of drug-likeness (QED) is 0.245. The van der Waals surface area contributed by atoms with Crippen LogP contribution in [0.3, 0.4) is 0 Å². The standard InChI is InChI=1S/C34H40N2O4Si/c1-24(35-32(38)39-33(2,3)4)31(37)36-30-20-14-15-25-21-22-26(23-29(25)30)40-41(34(5,6)7,27-16-10-8-11-17-27)28-18-12-9-13-19-28/h8-24H,1-7H3,(H,35,38)(H,36,37)/t24-/m1/s1. The van der Waals surface area contributed by atoms with Crippen molar-refractivity contribution in [2.45, 2.75) is 65.1 Å². The normalized spacial score (nSPS) is 12.9. The number of carbonyl (C=O) groups is 2. The number of fused-ring (bicyclic) bond motifs is 1. The lowest BCUT2D eigenvalue weighted by Gasteiger charge is -2.43. The molecule has 7 heteroatoms. The van der Waals surface area contributed by atoms with Crippen molar-refractivity contribution in [3.05, 3.63) is 97.1 Å². The van der Waals surface area contributed by atoms with Crippen LogP contribution in [0.4, 0.5) is 10.5 Å². The fraction of sp³-hybridized carbons (Fsp3) is 0.294. The molecular weight excluding hydrogens is 528 g/mol. The number of amides is 2. The van der Waals surface area contributed by atoms with Crippen LogP contribution in [0.25, 0.3) is 10.8 Å². The van der Waals surface area contributed by atoms with Crippen LogP contribution in [-0.4, -0.2) is 32.0 Å². The van der Waals surface area contributed by atoms with Gasteiger partial charge >= 0.3 is 14.4 Å². The molecule has 0 saturated carbocycles. The fourth-order valence-electron chi connectivity index (χ4n) is 5.04. The van der Waals surface area contributed by atoms with Crippen molar-refractivity contribution < 1.29 is 18.8 Å². The van der Waals surface area contributed by atoms with E-state index in [1.807, 2.05) is 48.5 Å². The molecule has 4 aromatic carbocycles. The highest BCUT2D eigenvalue weighted by molar-refractivity contribution is 7.00. The van der Waals surface area contributed by atoms with Crippen molar-refractivity contribution in [3.63, 3.8) is 0 Å². The Labute approximate surface area is 244 Å². The second-order valence-corrected chi connectivity index (χ2v) is 16.5. The van der Waals surface area contributed by atoms with Crippen molar-refractivity contribution in [1.82, 2.24) is 5.32 Å². The van der Waals surface area contributed by atoms with Crippen LogP contribution in [0.2, 0.25) is 5.04 Å². The van der Waals surface area contributed by atoms with E-state index < -0.39 is 26.1 Å². The van der Waals surface area contributed by atoms with Crippen LogP contribution in [0.1, 0.15) is 48.5 Å². The molecule has 0 aliphatic carbocycles. The second-order valence-electron chi connectivity index (χ2n) is 12.3. The molecule has 0 unspecified atom stereocenters. The van der Waals surface area contributed by atoms with E-state index in [-0.39, 0.29) is 10.9 Å². The monoisotopic (exact) mass is 568 g/mol. The predicted octanol–water partition coefficient (Wildman–Crippen LogP) is 6.63. The van der Waals surface area contributed by atoms with Gasteiger partial charge in [0.25, 0.3) is 0 Å². The van der Waals surface area contributed by atoms with Crippen molar-refractivity contribution in [3.8, 4) is 5.75 Å². The highest BCUT2D eigenvalue weighted by Crippen LogP contribution is 2.38. The maximum Gasteiger partial charge on any atom is 0.408 e. The van der Waals surface area contributed by atoms with Crippen LogP contribution in [0, 0.1) is 0 Å². The zero-order valence-corrected chi connectivity index (χ0v) is 25.9. The summed E-state index contributed by atoms with van der Waals surface area (Å²) < 4.78 is 12.5. The number of carbonyl (C=O) groups excluding carboxylic acids is 2. The molecule has 41 heavy (non-hydrogen) atoms. The summed E-state index contributed by atoms with van der Waals surface area (Å²) in [5, 5.41) is 9.57. The third kappa shape index (κ3) is 6.80. The zero-order chi connectivity index (χ0) is 29.8. The molecule has 214 valence electrons. The van der Waals surface area contributed by atoms with Crippen LogP contribution >= 0.6 is 0 Å². The maximum absolute atomic E-state index is 13.1. The van der Waals surface area contributed by atoms with Crippen molar-refractivity contribution in [2.75, 3.05) is 5.32 Å². The average molecular weight is 569 g/mol. The highest BCUT2D eigenvalue weighted by atomic mass is 28.4. The van der Waals surface area contributed by atoms with E-state index in [9.17, 15) is 9.59 Å². The predicted molar refractivity (Wildman–Crippen MR) is 170 cm³/mol. The second kappa shape index (κ2) is 11.8. The average Bonchev–Trinajstić information content (AvgIpc) is 2.91. The zero-order valence-electron chi connectivity index (χ0n) is 24.9. The molecule has 0 aliphatic heterocycles. The minimum absolute atomic E-state index is 0.193. The van der Waals surface area contributed by atoms with Crippen LogP contribution < -0.4 is 25.4 Å². The summed E-state index contributed by atoms with van der Waals surface area (Å²) in [7, 11) is -2.83. The number of anilines is 1. The Morgan fingerprint density at radius 1 is 0.756 bits per heavy atom. The molecule has 0 aliphatic rings. The summed E-state index contributed by atoms with van der Waals surface area (Å²) >= 11 is 0.